The Kier molecular flexibility index (Phi) is 11.1. The molecule has 2 aromatic heterocycles. The van der Waals surface area contributed by atoms with Crippen LogP contribution in [-0.4, -0.2) is 54.0 Å². The van der Waals surface area contributed by atoms with Gasteiger partial charge in [-0.3, -0.25) is 4.79 Å². The summed E-state index contributed by atoms with van der Waals surface area (Å²) in [5.41, 5.74) is 7.33. The molecule has 0 saturated carbocycles. The molecule has 3 rings (SSSR count). The first kappa shape index (κ1) is 33.3. The lowest BCUT2D eigenvalue weighted by atomic mass is 9.87. The van der Waals surface area contributed by atoms with Crippen LogP contribution >= 0.6 is 23.2 Å². The summed E-state index contributed by atoms with van der Waals surface area (Å²) in [6.07, 6.45) is 2.99. The molecule has 0 aliphatic rings. The van der Waals surface area contributed by atoms with Crippen molar-refractivity contribution in [3.05, 3.63) is 79.7 Å². The number of aliphatic imine (C=N–C) groups is 1. The number of pyridine rings is 1. The number of aromatic nitrogens is 3. The molecule has 0 aliphatic carbocycles. The molecule has 1 aromatic carbocycles. The number of nitrogens with two attached hydrogens (primary N) is 1. The van der Waals surface area contributed by atoms with Crippen LogP contribution in [0.1, 0.15) is 32.4 Å². The Balaban J connectivity index is 2.40. The van der Waals surface area contributed by atoms with Gasteiger partial charge in [-0.2, -0.15) is 4.98 Å². The normalized spacial score (nSPS) is 13.0. The standard InChI is InChI=1S/C29H34Cl2FN7O4/c1-8-43-28(41)23(33)22(24(15(2)3)36-21-13-34-29(38(4)5)37-26(21)42-7)25(16-9-10-18(30)20(32)11-16)35-17-12-19(31)27(40)39(6)14-17/h9-15,25,35H,8,33H2,1-7H3. The van der Waals surface area contributed by atoms with Gasteiger partial charge in [0, 0.05) is 32.9 Å². The molecule has 3 aromatic rings. The van der Waals surface area contributed by atoms with Crippen molar-refractivity contribution in [1.29, 1.82) is 0 Å². The van der Waals surface area contributed by atoms with Crippen LogP contribution in [-0.2, 0) is 16.6 Å². The van der Waals surface area contributed by atoms with Gasteiger partial charge in [-0.05, 0) is 36.6 Å². The lowest BCUT2D eigenvalue weighted by Gasteiger charge is -2.28. The summed E-state index contributed by atoms with van der Waals surface area (Å²) in [5, 5.41) is 3.10. The first-order valence-electron chi connectivity index (χ1n) is 13.2. The van der Waals surface area contributed by atoms with Gasteiger partial charge >= 0.3 is 5.97 Å². The molecule has 0 aliphatic heterocycles. The van der Waals surface area contributed by atoms with Crippen LogP contribution in [0.15, 0.2) is 57.7 Å². The minimum atomic E-state index is -1.01. The second kappa shape index (κ2) is 14.3. The SMILES string of the molecule is CCOC(=O)C(N)=C(C(=Nc1cnc(N(C)C)nc1OC)C(C)C)C(Nc1cc(Cl)c(=O)n(C)c1)c1ccc(Cl)c(F)c1. The molecule has 0 fully saturated rings. The van der Waals surface area contributed by atoms with Crippen LogP contribution in [0.25, 0.3) is 0 Å². The summed E-state index contributed by atoms with van der Waals surface area (Å²) in [5.74, 6) is -1.29. The van der Waals surface area contributed by atoms with E-state index in [9.17, 15) is 14.0 Å². The highest BCUT2D eigenvalue weighted by Gasteiger charge is 2.30. The van der Waals surface area contributed by atoms with E-state index >= 15 is 0 Å². The number of carbonyl (C=O) groups excluding carboxylic acids is 1. The number of nitrogens with zero attached hydrogens (tertiary/aromatic N) is 5. The van der Waals surface area contributed by atoms with Gasteiger partial charge < -0.3 is 30.0 Å². The fourth-order valence-corrected chi connectivity index (χ4v) is 4.48. The highest BCUT2D eigenvalue weighted by Crippen LogP contribution is 2.35. The number of esters is 1. The van der Waals surface area contributed by atoms with Gasteiger partial charge in [0.05, 0.1) is 42.4 Å². The molecule has 0 spiro atoms. The number of methoxy groups -OCH3 is 1. The summed E-state index contributed by atoms with van der Waals surface area (Å²) in [6.45, 7) is 5.40. The maximum atomic E-state index is 14.9. The second-order valence-electron chi connectivity index (χ2n) is 9.90. The molecular weight excluding hydrogens is 600 g/mol. The van der Waals surface area contributed by atoms with Crippen molar-refractivity contribution in [3.63, 3.8) is 0 Å². The fraction of sp³-hybridized carbons (Fsp3) is 0.345. The quantitative estimate of drug-likeness (QED) is 0.169. The van der Waals surface area contributed by atoms with Crippen LogP contribution in [0.5, 0.6) is 5.88 Å². The lowest BCUT2D eigenvalue weighted by Crippen LogP contribution is -2.30. The first-order chi connectivity index (χ1) is 20.3. The van der Waals surface area contributed by atoms with E-state index in [1.54, 1.807) is 32.0 Å². The van der Waals surface area contributed by atoms with Crippen molar-refractivity contribution >= 4 is 52.2 Å². The second-order valence-corrected chi connectivity index (χ2v) is 10.7. The summed E-state index contributed by atoms with van der Waals surface area (Å²) in [6, 6.07) is 4.59. The Morgan fingerprint density at radius 3 is 2.49 bits per heavy atom. The van der Waals surface area contributed by atoms with Gasteiger partial charge in [-0.25, -0.2) is 19.2 Å². The maximum absolute atomic E-state index is 14.9. The average molecular weight is 635 g/mol. The molecule has 2 heterocycles. The van der Waals surface area contributed by atoms with Crippen molar-refractivity contribution in [3.8, 4) is 5.88 Å². The number of carbonyl (C=O) groups is 1. The van der Waals surface area contributed by atoms with Crippen molar-refractivity contribution in [2.75, 3.05) is 38.0 Å². The molecule has 1 atom stereocenters. The van der Waals surface area contributed by atoms with E-state index in [1.807, 2.05) is 13.8 Å². The highest BCUT2D eigenvalue weighted by atomic mass is 35.5. The Hall–Kier alpha value is -4.16. The minimum absolute atomic E-state index is 0.0543. The number of hydrogen-bond acceptors (Lipinski definition) is 10. The molecule has 11 nitrogen and oxygen atoms in total. The molecule has 3 N–H and O–H groups in total. The largest absolute Gasteiger partial charge is 0.479 e. The Morgan fingerprint density at radius 1 is 1.23 bits per heavy atom. The van der Waals surface area contributed by atoms with Gasteiger partial charge in [0.15, 0.2) is 0 Å². The average Bonchev–Trinajstić information content (AvgIpc) is 2.96. The van der Waals surface area contributed by atoms with E-state index in [4.69, 9.17) is 43.4 Å². The van der Waals surface area contributed by atoms with Crippen molar-refractivity contribution in [1.82, 2.24) is 14.5 Å². The molecule has 0 saturated heterocycles. The van der Waals surface area contributed by atoms with E-state index in [2.05, 4.69) is 15.3 Å². The Labute approximate surface area is 259 Å². The van der Waals surface area contributed by atoms with Crippen LogP contribution in [0.2, 0.25) is 10.0 Å². The maximum Gasteiger partial charge on any atom is 0.354 e. The van der Waals surface area contributed by atoms with E-state index < -0.39 is 23.4 Å². The van der Waals surface area contributed by atoms with Gasteiger partial charge in [0.1, 0.15) is 22.2 Å². The number of benzene rings is 1. The summed E-state index contributed by atoms with van der Waals surface area (Å²) in [7, 11) is 6.55. The minimum Gasteiger partial charge on any atom is -0.479 e. The topological polar surface area (TPSA) is 137 Å². The molecule has 43 heavy (non-hydrogen) atoms. The van der Waals surface area contributed by atoms with Crippen molar-refractivity contribution in [2.45, 2.75) is 26.8 Å². The highest BCUT2D eigenvalue weighted by molar-refractivity contribution is 6.31. The Bertz CT molecular complexity index is 1600. The van der Waals surface area contributed by atoms with E-state index in [0.717, 1.165) is 0 Å². The number of anilines is 2. The number of ether oxygens (including phenoxy) is 2. The van der Waals surface area contributed by atoms with E-state index in [1.165, 1.54) is 49.3 Å². The molecule has 14 heteroatoms. The van der Waals surface area contributed by atoms with Gasteiger partial charge in [-0.1, -0.05) is 43.1 Å². The number of halogens is 3. The van der Waals surface area contributed by atoms with Crippen LogP contribution < -0.4 is 26.2 Å². The van der Waals surface area contributed by atoms with Gasteiger partial charge in [0.2, 0.25) is 11.8 Å². The lowest BCUT2D eigenvalue weighted by molar-refractivity contribution is -0.138. The van der Waals surface area contributed by atoms with Crippen LogP contribution in [0.4, 0.5) is 21.7 Å². The monoisotopic (exact) mass is 633 g/mol. The molecule has 230 valence electrons. The van der Waals surface area contributed by atoms with E-state index in [-0.39, 0.29) is 45.4 Å². The molecule has 1 unspecified atom stereocenters. The number of rotatable bonds is 11. The van der Waals surface area contributed by atoms with Gasteiger partial charge in [0.25, 0.3) is 5.56 Å². The molecule has 0 bridgehead atoms. The van der Waals surface area contributed by atoms with E-state index in [0.29, 0.717) is 22.9 Å². The summed E-state index contributed by atoms with van der Waals surface area (Å²) in [4.78, 5) is 40.8. The molecular formula is C29H34Cl2FN7O4. The predicted octanol–water partition coefficient (Wildman–Crippen LogP) is 5.05. The summed E-state index contributed by atoms with van der Waals surface area (Å²) >= 11 is 12.2. The third-order valence-corrected chi connectivity index (χ3v) is 6.76. The van der Waals surface area contributed by atoms with Gasteiger partial charge in [-0.15, -0.1) is 0 Å². The number of aryl methyl sites for hydroxylation is 1. The third kappa shape index (κ3) is 7.82. The zero-order valence-electron chi connectivity index (χ0n) is 24.9. The zero-order valence-corrected chi connectivity index (χ0v) is 26.4. The van der Waals surface area contributed by atoms with Crippen LogP contribution in [0.3, 0.4) is 0 Å². The first-order valence-corrected chi connectivity index (χ1v) is 14.0. The summed E-state index contributed by atoms with van der Waals surface area (Å²) < 4.78 is 26.9. The van der Waals surface area contributed by atoms with Crippen molar-refractivity contribution in [2.24, 2.45) is 23.7 Å². The fourth-order valence-electron chi connectivity index (χ4n) is 4.11. The predicted molar refractivity (Wildman–Crippen MR) is 167 cm³/mol. The third-order valence-electron chi connectivity index (χ3n) is 6.18. The smallest absolute Gasteiger partial charge is 0.354 e. The molecule has 0 radical (unpaired) electrons. The molecule has 0 amide bonds. The van der Waals surface area contributed by atoms with Crippen LogP contribution in [0, 0.1) is 11.7 Å². The zero-order chi connectivity index (χ0) is 32.0. The number of hydrogen-bond donors (Lipinski definition) is 2. The Morgan fingerprint density at radius 2 is 1.93 bits per heavy atom. The number of nitrogens with one attached hydrogen (secondary N) is 1. The van der Waals surface area contributed by atoms with Crippen molar-refractivity contribution < 1.29 is 18.7 Å².